The van der Waals surface area contributed by atoms with Gasteiger partial charge in [0, 0.05) is 22.8 Å². The number of aromatic nitrogens is 1. The zero-order valence-electron chi connectivity index (χ0n) is 12.7. The fourth-order valence-electron chi connectivity index (χ4n) is 2.19. The average molecular weight is 349 g/mol. The molecule has 4 heteroatoms. The predicted octanol–water partition coefficient (Wildman–Crippen LogP) is 4.75. The van der Waals surface area contributed by atoms with E-state index in [9.17, 15) is 0 Å². The molecule has 1 N–H and O–H groups in total. The molecule has 2 rings (SSSR count). The normalized spacial score (nSPS) is 10.7. The lowest BCUT2D eigenvalue weighted by atomic mass is 10.1. The molecule has 112 valence electrons. The van der Waals surface area contributed by atoms with E-state index in [1.807, 2.05) is 18.2 Å². The van der Waals surface area contributed by atoms with Crippen molar-refractivity contribution < 1.29 is 4.74 Å². The Bertz CT molecular complexity index is 593. The zero-order chi connectivity index (χ0) is 15.2. The first-order valence-electron chi connectivity index (χ1n) is 7.19. The third-order valence-corrected chi connectivity index (χ3v) is 3.48. The molecule has 0 atom stereocenters. The van der Waals surface area contributed by atoms with Crippen LogP contribution in [0.2, 0.25) is 0 Å². The van der Waals surface area contributed by atoms with Gasteiger partial charge in [0.25, 0.3) is 0 Å². The number of ether oxygens (including phenoxy) is 1. The molecule has 0 fully saturated rings. The molecule has 0 aliphatic heterocycles. The summed E-state index contributed by atoms with van der Waals surface area (Å²) < 4.78 is 6.95. The van der Waals surface area contributed by atoms with Gasteiger partial charge in [0.1, 0.15) is 5.75 Å². The van der Waals surface area contributed by atoms with E-state index in [2.05, 4.69) is 53.1 Å². The third-order valence-electron chi connectivity index (χ3n) is 3.04. The molecule has 0 unspecified atom stereocenters. The van der Waals surface area contributed by atoms with E-state index >= 15 is 0 Å². The van der Waals surface area contributed by atoms with Crippen molar-refractivity contribution >= 4 is 15.9 Å². The Balaban J connectivity index is 2.21. The lowest BCUT2D eigenvalue weighted by molar-refractivity contribution is 0.452. The molecule has 21 heavy (non-hydrogen) atoms. The van der Waals surface area contributed by atoms with Crippen LogP contribution in [0.4, 0.5) is 0 Å². The van der Waals surface area contributed by atoms with Crippen molar-refractivity contribution in [2.24, 2.45) is 0 Å². The average Bonchev–Trinajstić information content (AvgIpc) is 2.41. The molecule has 0 saturated heterocycles. The second-order valence-corrected chi connectivity index (χ2v) is 6.14. The second-order valence-electron chi connectivity index (χ2n) is 5.22. The summed E-state index contributed by atoms with van der Waals surface area (Å²) in [6.45, 7) is 8.02. The monoisotopic (exact) mass is 348 g/mol. The summed E-state index contributed by atoms with van der Waals surface area (Å²) in [5.41, 5.74) is 3.43. The highest BCUT2D eigenvalue weighted by Crippen LogP contribution is 2.27. The summed E-state index contributed by atoms with van der Waals surface area (Å²) in [5.74, 6) is 1.49. The fourth-order valence-corrected chi connectivity index (χ4v) is 2.57. The number of hydrogen-bond donors (Lipinski definition) is 1. The van der Waals surface area contributed by atoms with Crippen LogP contribution in [0.25, 0.3) is 0 Å². The highest BCUT2D eigenvalue weighted by atomic mass is 79.9. The van der Waals surface area contributed by atoms with Gasteiger partial charge in [-0.3, -0.25) is 0 Å². The number of pyridine rings is 1. The predicted molar refractivity (Wildman–Crippen MR) is 89.9 cm³/mol. The van der Waals surface area contributed by atoms with E-state index in [0.29, 0.717) is 5.88 Å². The van der Waals surface area contributed by atoms with Crippen LogP contribution in [0.15, 0.2) is 34.9 Å². The van der Waals surface area contributed by atoms with Crippen molar-refractivity contribution in [2.75, 3.05) is 6.54 Å². The van der Waals surface area contributed by atoms with Gasteiger partial charge < -0.3 is 10.1 Å². The summed E-state index contributed by atoms with van der Waals surface area (Å²) in [7, 11) is 0. The number of rotatable bonds is 6. The van der Waals surface area contributed by atoms with Crippen LogP contribution in [0, 0.1) is 13.8 Å². The maximum Gasteiger partial charge on any atom is 0.223 e. The van der Waals surface area contributed by atoms with Crippen molar-refractivity contribution in [2.45, 2.75) is 33.7 Å². The first-order valence-corrected chi connectivity index (χ1v) is 7.99. The molecule has 0 spiro atoms. The molecule has 0 aliphatic rings. The van der Waals surface area contributed by atoms with E-state index in [1.54, 1.807) is 6.20 Å². The first kappa shape index (κ1) is 16.0. The molecular formula is C17H21BrN2O. The SMILES string of the molecule is CCCNCc1cc(Br)cnc1Oc1cc(C)cc(C)c1. The van der Waals surface area contributed by atoms with E-state index in [0.717, 1.165) is 35.3 Å². The first-order chi connectivity index (χ1) is 10.1. The largest absolute Gasteiger partial charge is 0.439 e. The van der Waals surface area contributed by atoms with Crippen LogP contribution < -0.4 is 10.1 Å². The molecule has 1 aromatic carbocycles. The fraction of sp³-hybridized carbons (Fsp3) is 0.353. The maximum absolute atomic E-state index is 5.98. The lowest BCUT2D eigenvalue weighted by Crippen LogP contribution is -2.14. The van der Waals surface area contributed by atoms with Crippen molar-refractivity contribution in [1.29, 1.82) is 0 Å². The minimum Gasteiger partial charge on any atom is -0.439 e. The van der Waals surface area contributed by atoms with Gasteiger partial charge in [0.15, 0.2) is 0 Å². The third kappa shape index (κ3) is 4.83. The summed E-state index contributed by atoms with van der Waals surface area (Å²) in [5, 5.41) is 3.39. The van der Waals surface area contributed by atoms with Crippen molar-refractivity contribution in [3.8, 4) is 11.6 Å². The molecule has 0 saturated carbocycles. The summed E-state index contributed by atoms with van der Waals surface area (Å²) in [4.78, 5) is 4.40. The second kappa shape index (κ2) is 7.57. The number of aryl methyl sites for hydroxylation is 2. The topological polar surface area (TPSA) is 34.2 Å². The van der Waals surface area contributed by atoms with Gasteiger partial charge in [-0.05, 0) is 72.1 Å². The Hall–Kier alpha value is -1.39. The van der Waals surface area contributed by atoms with Gasteiger partial charge in [-0.1, -0.05) is 13.0 Å². The van der Waals surface area contributed by atoms with Gasteiger partial charge in [-0.2, -0.15) is 0 Å². The van der Waals surface area contributed by atoms with Crippen LogP contribution in [-0.2, 0) is 6.54 Å². The van der Waals surface area contributed by atoms with Gasteiger partial charge in [0.05, 0.1) is 0 Å². The minimum atomic E-state index is 0.659. The highest BCUT2D eigenvalue weighted by molar-refractivity contribution is 9.10. The minimum absolute atomic E-state index is 0.659. The Labute approximate surface area is 134 Å². The number of hydrogen-bond acceptors (Lipinski definition) is 3. The number of nitrogens with one attached hydrogen (secondary N) is 1. The molecule has 1 heterocycles. The Morgan fingerprint density at radius 3 is 2.52 bits per heavy atom. The van der Waals surface area contributed by atoms with E-state index < -0.39 is 0 Å². The van der Waals surface area contributed by atoms with Crippen molar-refractivity contribution in [3.63, 3.8) is 0 Å². The Morgan fingerprint density at radius 1 is 1.14 bits per heavy atom. The van der Waals surface area contributed by atoms with Crippen LogP contribution in [0.1, 0.15) is 30.0 Å². The van der Waals surface area contributed by atoms with Crippen LogP contribution in [0.3, 0.4) is 0 Å². The van der Waals surface area contributed by atoms with Crippen LogP contribution in [-0.4, -0.2) is 11.5 Å². The number of halogens is 1. The summed E-state index contributed by atoms with van der Waals surface area (Å²) in [6.07, 6.45) is 2.87. The van der Waals surface area contributed by atoms with Crippen molar-refractivity contribution in [3.05, 3.63) is 51.6 Å². The van der Waals surface area contributed by atoms with Gasteiger partial charge in [-0.15, -0.1) is 0 Å². The molecule has 3 nitrogen and oxygen atoms in total. The molecule has 2 aromatic rings. The van der Waals surface area contributed by atoms with Gasteiger partial charge in [-0.25, -0.2) is 4.98 Å². The number of nitrogens with zero attached hydrogens (tertiary/aromatic N) is 1. The Morgan fingerprint density at radius 2 is 1.86 bits per heavy atom. The maximum atomic E-state index is 5.98. The van der Waals surface area contributed by atoms with Gasteiger partial charge >= 0.3 is 0 Å². The summed E-state index contributed by atoms with van der Waals surface area (Å²) in [6, 6.07) is 8.24. The number of benzene rings is 1. The van der Waals surface area contributed by atoms with E-state index in [4.69, 9.17) is 4.74 Å². The van der Waals surface area contributed by atoms with Crippen LogP contribution >= 0.6 is 15.9 Å². The molecule has 0 bridgehead atoms. The van der Waals surface area contributed by atoms with E-state index in [-0.39, 0.29) is 0 Å². The molecule has 0 aliphatic carbocycles. The van der Waals surface area contributed by atoms with E-state index in [1.165, 1.54) is 11.1 Å². The zero-order valence-corrected chi connectivity index (χ0v) is 14.3. The van der Waals surface area contributed by atoms with Crippen LogP contribution in [0.5, 0.6) is 11.6 Å². The molecule has 0 radical (unpaired) electrons. The summed E-state index contributed by atoms with van der Waals surface area (Å²) >= 11 is 3.47. The molecule has 1 aromatic heterocycles. The van der Waals surface area contributed by atoms with Crippen molar-refractivity contribution in [1.82, 2.24) is 10.3 Å². The lowest BCUT2D eigenvalue weighted by Gasteiger charge is -2.12. The molecular weight excluding hydrogens is 328 g/mol. The quantitative estimate of drug-likeness (QED) is 0.764. The highest BCUT2D eigenvalue weighted by Gasteiger charge is 2.08. The smallest absolute Gasteiger partial charge is 0.223 e. The van der Waals surface area contributed by atoms with Gasteiger partial charge in [0.2, 0.25) is 5.88 Å². The molecule has 0 amide bonds. The Kier molecular flexibility index (Phi) is 5.76. The standard InChI is InChI=1S/C17H21BrN2O/c1-4-5-19-10-14-9-15(18)11-20-17(14)21-16-7-12(2)6-13(3)8-16/h6-9,11,19H,4-5,10H2,1-3H3.